The third-order valence-electron chi connectivity index (χ3n) is 4.31. The summed E-state index contributed by atoms with van der Waals surface area (Å²) in [6, 6.07) is 7.20. The summed E-state index contributed by atoms with van der Waals surface area (Å²) >= 11 is 0. The molecule has 1 aromatic heterocycles. The van der Waals surface area contributed by atoms with E-state index >= 15 is 0 Å². The van der Waals surface area contributed by atoms with Crippen LogP contribution >= 0.6 is 0 Å². The fourth-order valence-corrected chi connectivity index (χ4v) is 2.83. The summed E-state index contributed by atoms with van der Waals surface area (Å²) in [4.78, 5) is 24.3. The molecule has 0 saturated heterocycles. The van der Waals surface area contributed by atoms with Gasteiger partial charge in [-0.1, -0.05) is 45.0 Å². The number of nitrogens with zero attached hydrogens (tertiary/aromatic N) is 3. The van der Waals surface area contributed by atoms with Gasteiger partial charge in [-0.2, -0.15) is 0 Å². The molecule has 1 amide bonds. The molecule has 24 heavy (non-hydrogen) atoms. The Balaban J connectivity index is 1.63. The number of carbonyl (C=O) groups is 2. The third-order valence-corrected chi connectivity index (χ3v) is 4.31. The van der Waals surface area contributed by atoms with Gasteiger partial charge >= 0.3 is 0 Å². The maximum Gasteiger partial charge on any atom is 0.292 e. The van der Waals surface area contributed by atoms with E-state index in [1.54, 1.807) is 12.1 Å². The van der Waals surface area contributed by atoms with E-state index in [2.05, 4.69) is 36.3 Å². The van der Waals surface area contributed by atoms with E-state index in [1.807, 2.05) is 16.7 Å². The molecule has 0 fully saturated rings. The van der Waals surface area contributed by atoms with Gasteiger partial charge in [0.05, 0.1) is 6.54 Å². The Morgan fingerprint density at radius 2 is 1.88 bits per heavy atom. The maximum absolute atomic E-state index is 12.2. The summed E-state index contributed by atoms with van der Waals surface area (Å²) in [5.41, 5.74) is 1.53. The van der Waals surface area contributed by atoms with Gasteiger partial charge in [0.2, 0.25) is 5.78 Å². The molecule has 0 aliphatic carbocycles. The molecule has 0 saturated carbocycles. The molecule has 1 aromatic carbocycles. The van der Waals surface area contributed by atoms with E-state index in [9.17, 15) is 9.59 Å². The first-order valence-electron chi connectivity index (χ1n) is 8.20. The first-order chi connectivity index (χ1) is 11.4. The summed E-state index contributed by atoms with van der Waals surface area (Å²) in [6.07, 6.45) is 1.96. The Kier molecular flexibility index (Phi) is 4.22. The molecule has 0 unspecified atom stereocenters. The number of Topliss-reactive ketones (excluding diaryl/α,β-unsaturated/α-hetero) is 1. The van der Waals surface area contributed by atoms with Crippen LogP contribution in [0.25, 0.3) is 0 Å². The van der Waals surface area contributed by atoms with E-state index in [0.717, 1.165) is 30.8 Å². The molecule has 0 spiro atoms. The SMILES string of the molecule is CC(C)(C)c1ccc(C(=O)C(=O)NCc2nnc3n2CCC3)cc1. The van der Waals surface area contributed by atoms with Crippen LogP contribution in [0, 0.1) is 0 Å². The highest BCUT2D eigenvalue weighted by molar-refractivity contribution is 6.42. The molecule has 2 heterocycles. The minimum absolute atomic E-state index is 0.0118. The quantitative estimate of drug-likeness (QED) is 0.689. The molecule has 2 aromatic rings. The van der Waals surface area contributed by atoms with Crippen molar-refractivity contribution < 1.29 is 9.59 Å². The fraction of sp³-hybridized carbons (Fsp3) is 0.444. The van der Waals surface area contributed by atoms with Gasteiger partial charge in [0.25, 0.3) is 5.91 Å². The van der Waals surface area contributed by atoms with Crippen molar-refractivity contribution in [1.29, 1.82) is 0 Å². The number of benzene rings is 1. The van der Waals surface area contributed by atoms with E-state index in [1.165, 1.54) is 0 Å². The monoisotopic (exact) mass is 326 g/mol. The highest BCUT2D eigenvalue weighted by Crippen LogP contribution is 2.22. The van der Waals surface area contributed by atoms with Crippen LogP contribution in [0.5, 0.6) is 0 Å². The van der Waals surface area contributed by atoms with Crippen molar-refractivity contribution in [2.75, 3.05) is 0 Å². The molecule has 1 aliphatic rings. The van der Waals surface area contributed by atoms with Gasteiger partial charge in [0, 0.05) is 18.5 Å². The highest BCUT2D eigenvalue weighted by Gasteiger charge is 2.21. The van der Waals surface area contributed by atoms with Gasteiger partial charge in [0.15, 0.2) is 5.82 Å². The molecular weight excluding hydrogens is 304 g/mol. The molecule has 6 heteroatoms. The zero-order chi connectivity index (χ0) is 17.3. The lowest BCUT2D eigenvalue weighted by atomic mass is 9.86. The second kappa shape index (κ2) is 6.19. The van der Waals surface area contributed by atoms with Crippen LogP contribution in [-0.2, 0) is 29.7 Å². The van der Waals surface area contributed by atoms with Crippen LogP contribution < -0.4 is 5.32 Å². The number of hydrogen-bond acceptors (Lipinski definition) is 4. The Hall–Kier alpha value is -2.50. The lowest BCUT2D eigenvalue weighted by molar-refractivity contribution is -0.117. The summed E-state index contributed by atoms with van der Waals surface area (Å²) in [5, 5.41) is 10.8. The number of amides is 1. The molecule has 0 radical (unpaired) electrons. The number of nitrogens with one attached hydrogen (secondary N) is 1. The largest absolute Gasteiger partial charge is 0.342 e. The van der Waals surface area contributed by atoms with Crippen molar-refractivity contribution in [2.45, 2.75) is 52.1 Å². The number of fused-ring (bicyclic) bond motifs is 1. The Bertz CT molecular complexity index is 769. The Labute approximate surface area is 141 Å². The second-order valence-electron chi connectivity index (χ2n) is 7.13. The molecule has 0 atom stereocenters. The van der Waals surface area contributed by atoms with Gasteiger partial charge in [-0.3, -0.25) is 9.59 Å². The molecule has 0 bridgehead atoms. The Morgan fingerprint density at radius 3 is 2.54 bits per heavy atom. The van der Waals surface area contributed by atoms with Crippen molar-refractivity contribution in [1.82, 2.24) is 20.1 Å². The second-order valence-corrected chi connectivity index (χ2v) is 7.13. The average Bonchev–Trinajstić information content (AvgIpc) is 3.15. The maximum atomic E-state index is 12.2. The number of rotatable bonds is 4. The van der Waals surface area contributed by atoms with E-state index in [-0.39, 0.29) is 12.0 Å². The van der Waals surface area contributed by atoms with E-state index in [0.29, 0.717) is 11.4 Å². The van der Waals surface area contributed by atoms with Crippen LogP contribution in [0.1, 0.15) is 54.8 Å². The summed E-state index contributed by atoms with van der Waals surface area (Å²) < 4.78 is 2.00. The van der Waals surface area contributed by atoms with Gasteiger partial charge in [-0.05, 0) is 17.4 Å². The number of aryl methyl sites for hydroxylation is 1. The number of carbonyl (C=O) groups excluding carboxylic acids is 2. The zero-order valence-corrected chi connectivity index (χ0v) is 14.3. The van der Waals surface area contributed by atoms with E-state index in [4.69, 9.17) is 0 Å². The normalized spacial score (nSPS) is 13.6. The lowest BCUT2D eigenvalue weighted by Crippen LogP contribution is -2.31. The van der Waals surface area contributed by atoms with Crippen LogP contribution in [0.3, 0.4) is 0 Å². The minimum Gasteiger partial charge on any atom is -0.342 e. The molecular formula is C18H22N4O2. The van der Waals surface area contributed by atoms with Crippen molar-refractivity contribution in [3.05, 3.63) is 47.0 Å². The number of ketones is 1. The van der Waals surface area contributed by atoms with Crippen LogP contribution in [0.15, 0.2) is 24.3 Å². The molecule has 1 aliphatic heterocycles. The fourth-order valence-electron chi connectivity index (χ4n) is 2.83. The van der Waals surface area contributed by atoms with Crippen LogP contribution in [-0.4, -0.2) is 26.5 Å². The van der Waals surface area contributed by atoms with Crippen molar-refractivity contribution in [3.8, 4) is 0 Å². The van der Waals surface area contributed by atoms with Crippen molar-refractivity contribution in [2.24, 2.45) is 0 Å². The molecule has 3 rings (SSSR count). The first-order valence-corrected chi connectivity index (χ1v) is 8.20. The first kappa shape index (κ1) is 16.4. The molecule has 6 nitrogen and oxygen atoms in total. The topological polar surface area (TPSA) is 76.9 Å². The van der Waals surface area contributed by atoms with Gasteiger partial charge in [0.1, 0.15) is 5.82 Å². The van der Waals surface area contributed by atoms with Crippen molar-refractivity contribution in [3.63, 3.8) is 0 Å². The summed E-state index contributed by atoms with van der Waals surface area (Å²) in [7, 11) is 0. The predicted octanol–water partition coefficient (Wildman–Crippen LogP) is 2.02. The van der Waals surface area contributed by atoms with Gasteiger partial charge in [-0.15, -0.1) is 10.2 Å². The number of hydrogen-bond donors (Lipinski definition) is 1. The lowest BCUT2D eigenvalue weighted by Gasteiger charge is -2.18. The zero-order valence-electron chi connectivity index (χ0n) is 14.3. The standard InChI is InChI=1S/C18H22N4O2/c1-18(2,3)13-8-6-12(7-9-13)16(23)17(24)19-11-15-21-20-14-5-4-10-22(14)15/h6-9H,4-5,10-11H2,1-3H3,(H,19,24). The number of aromatic nitrogens is 3. The van der Waals surface area contributed by atoms with Crippen LogP contribution in [0.4, 0.5) is 0 Å². The third kappa shape index (κ3) is 3.22. The smallest absolute Gasteiger partial charge is 0.292 e. The summed E-state index contributed by atoms with van der Waals surface area (Å²) in [6.45, 7) is 7.40. The molecule has 1 N–H and O–H groups in total. The van der Waals surface area contributed by atoms with Crippen molar-refractivity contribution >= 4 is 11.7 Å². The van der Waals surface area contributed by atoms with Gasteiger partial charge in [-0.25, -0.2) is 0 Å². The summed E-state index contributed by atoms with van der Waals surface area (Å²) in [5.74, 6) is 0.501. The minimum atomic E-state index is -0.617. The van der Waals surface area contributed by atoms with Gasteiger partial charge < -0.3 is 9.88 Å². The van der Waals surface area contributed by atoms with Crippen LogP contribution in [0.2, 0.25) is 0 Å². The Morgan fingerprint density at radius 1 is 1.17 bits per heavy atom. The predicted molar refractivity (Wildman–Crippen MR) is 89.7 cm³/mol. The highest BCUT2D eigenvalue weighted by atomic mass is 16.2. The average molecular weight is 326 g/mol. The van der Waals surface area contributed by atoms with E-state index < -0.39 is 11.7 Å². The molecule has 126 valence electrons.